The van der Waals surface area contributed by atoms with Crippen molar-refractivity contribution < 1.29 is 38.1 Å². The number of methoxy groups -OCH3 is 1. The minimum atomic E-state index is -0.790. The van der Waals surface area contributed by atoms with Crippen molar-refractivity contribution in [2.45, 2.75) is 59.2 Å². The fourth-order valence-electron chi connectivity index (χ4n) is 1.63. The molecule has 0 aliphatic heterocycles. The second-order valence-corrected chi connectivity index (χ2v) is 7.71. The van der Waals surface area contributed by atoms with Crippen LogP contribution in [-0.4, -0.2) is 74.3 Å². The fraction of sp³-hybridized carbons (Fsp3) is 0.833. The number of hydrogen-bond acceptors (Lipinski definition) is 8. The summed E-state index contributed by atoms with van der Waals surface area (Å²) in [6.07, 6.45) is -1.03. The lowest BCUT2D eigenvalue weighted by Crippen LogP contribution is -2.45. The summed E-state index contributed by atoms with van der Waals surface area (Å²) in [6.45, 7) is 10.9. The summed E-state index contributed by atoms with van der Waals surface area (Å²) >= 11 is 0. The van der Waals surface area contributed by atoms with Gasteiger partial charge in [0.2, 0.25) is 0 Å². The van der Waals surface area contributed by atoms with Crippen molar-refractivity contribution in [1.29, 1.82) is 0 Å². The molecule has 158 valence electrons. The Hall–Kier alpha value is -1.87. The molecule has 0 unspecified atom stereocenters. The largest absolute Gasteiger partial charge is 0.467 e. The third kappa shape index (κ3) is 13.9. The molecule has 0 rings (SSSR count). The van der Waals surface area contributed by atoms with E-state index in [2.05, 4.69) is 4.74 Å². The zero-order valence-electron chi connectivity index (χ0n) is 17.5. The highest BCUT2D eigenvalue weighted by Gasteiger charge is 2.30. The van der Waals surface area contributed by atoms with Crippen LogP contribution in [0.25, 0.3) is 0 Å². The molecule has 0 N–H and O–H groups in total. The van der Waals surface area contributed by atoms with E-state index in [1.165, 1.54) is 7.11 Å². The Kier molecular flexibility index (Phi) is 10.9. The summed E-state index contributed by atoms with van der Waals surface area (Å²) in [5, 5.41) is 0. The predicted molar refractivity (Wildman–Crippen MR) is 97.4 cm³/mol. The average Bonchev–Trinajstić information content (AvgIpc) is 2.49. The summed E-state index contributed by atoms with van der Waals surface area (Å²) in [6, 6.07) is 0. The molecule has 0 saturated carbocycles. The van der Waals surface area contributed by atoms with E-state index in [0.717, 1.165) is 4.90 Å². The first-order chi connectivity index (χ1) is 12.4. The Balaban J connectivity index is 4.38. The van der Waals surface area contributed by atoms with Gasteiger partial charge in [-0.15, -0.1) is 0 Å². The standard InChI is InChI=1S/C18H33NO8/c1-17(2,3)26-15(21)19(16(22)27-18(4,5)6)9-12-24-10-8-11-25-13-14(20)23-7/h8-13H2,1-7H3. The third-order valence-electron chi connectivity index (χ3n) is 2.71. The van der Waals surface area contributed by atoms with Crippen LogP contribution in [0.3, 0.4) is 0 Å². The number of esters is 1. The number of carbonyl (C=O) groups is 3. The lowest BCUT2D eigenvalue weighted by Gasteiger charge is -2.28. The van der Waals surface area contributed by atoms with Gasteiger partial charge in [-0.3, -0.25) is 0 Å². The molecule has 0 heterocycles. The Bertz CT molecular complexity index is 451. The van der Waals surface area contributed by atoms with Crippen molar-refractivity contribution in [2.75, 3.05) is 40.1 Å². The van der Waals surface area contributed by atoms with E-state index in [-0.39, 0.29) is 19.8 Å². The van der Waals surface area contributed by atoms with Crippen LogP contribution in [0, 0.1) is 0 Å². The molecule has 0 atom stereocenters. The van der Waals surface area contributed by atoms with E-state index < -0.39 is 29.4 Å². The van der Waals surface area contributed by atoms with Gasteiger partial charge in [0.25, 0.3) is 0 Å². The third-order valence-corrected chi connectivity index (χ3v) is 2.71. The van der Waals surface area contributed by atoms with Crippen molar-refractivity contribution in [3.8, 4) is 0 Å². The van der Waals surface area contributed by atoms with Gasteiger partial charge in [0.15, 0.2) is 0 Å². The first kappa shape index (κ1) is 25.1. The number of amides is 2. The molecule has 0 spiro atoms. The Labute approximate surface area is 161 Å². The van der Waals surface area contributed by atoms with Gasteiger partial charge in [-0.2, -0.15) is 0 Å². The SMILES string of the molecule is COC(=O)COCCCOCCN(C(=O)OC(C)(C)C)C(=O)OC(C)(C)C. The Morgan fingerprint density at radius 2 is 1.26 bits per heavy atom. The number of rotatable bonds is 9. The maximum absolute atomic E-state index is 12.3. The average molecular weight is 391 g/mol. The van der Waals surface area contributed by atoms with Crippen molar-refractivity contribution in [1.82, 2.24) is 4.90 Å². The summed E-state index contributed by atoms with van der Waals surface area (Å²) in [7, 11) is 1.29. The highest BCUT2D eigenvalue weighted by molar-refractivity contribution is 5.88. The van der Waals surface area contributed by atoms with E-state index in [1.54, 1.807) is 41.5 Å². The van der Waals surface area contributed by atoms with Gasteiger partial charge in [0, 0.05) is 13.2 Å². The summed E-state index contributed by atoms with van der Waals surface area (Å²) < 4.78 is 25.4. The zero-order chi connectivity index (χ0) is 21.1. The molecular formula is C18H33NO8. The summed E-state index contributed by atoms with van der Waals surface area (Å²) in [5.41, 5.74) is -1.48. The summed E-state index contributed by atoms with van der Waals surface area (Å²) in [4.78, 5) is 36.3. The predicted octanol–water partition coefficient (Wildman–Crippen LogP) is 2.75. The molecule has 0 aliphatic carbocycles. The molecule has 0 fully saturated rings. The second-order valence-electron chi connectivity index (χ2n) is 7.71. The van der Waals surface area contributed by atoms with Crippen LogP contribution in [0.4, 0.5) is 9.59 Å². The first-order valence-corrected chi connectivity index (χ1v) is 8.81. The summed E-state index contributed by atoms with van der Waals surface area (Å²) in [5.74, 6) is -0.443. The molecule has 0 aromatic heterocycles. The molecule has 2 amide bonds. The smallest absolute Gasteiger partial charge is 0.419 e. The van der Waals surface area contributed by atoms with E-state index in [0.29, 0.717) is 19.6 Å². The molecule has 0 bridgehead atoms. The van der Waals surface area contributed by atoms with Crippen LogP contribution >= 0.6 is 0 Å². The van der Waals surface area contributed by atoms with Gasteiger partial charge in [0.05, 0.1) is 20.3 Å². The van der Waals surface area contributed by atoms with Gasteiger partial charge < -0.3 is 23.7 Å². The normalized spacial score (nSPS) is 11.7. The Morgan fingerprint density at radius 1 is 0.778 bits per heavy atom. The van der Waals surface area contributed by atoms with Gasteiger partial charge in [0.1, 0.15) is 17.8 Å². The van der Waals surface area contributed by atoms with Gasteiger partial charge >= 0.3 is 18.2 Å². The lowest BCUT2D eigenvalue weighted by molar-refractivity contribution is -0.146. The highest BCUT2D eigenvalue weighted by atomic mass is 16.6. The molecule has 0 saturated heterocycles. The first-order valence-electron chi connectivity index (χ1n) is 8.81. The molecule has 0 aliphatic rings. The van der Waals surface area contributed by atoms with Gasteiger partial charge in [-0.05, 0) is 48.0 Å². The van der Waals surface area contributed by atoms with Crippen molar-refractivity contribution in [2.24, 2.45) is 0 Å². The molecule has 0 aromatic rings. The molecule has 0 radical (unpaired) electrons. The minimum Gasteiger partial charge on any atom is -0.467 e. The molecular weight excluding hydrogens is 358 g/mol. The van der Waals surface area contributed by atoms with Crippen molar-refractivity contribution in [3.63, 3.8) is 0 Å². The van der Waals surface area contributed by atoms with Gasteiger partial charge in [-0.1, -0.05) is 0 Å². The quantitative estimate of drug-likeness (QED) is 0.336. The van der Waals surface area contributed by atoms with Crippen LogP contribution in [-0.2, 0) is 28.5 Å². The number of ether oxygens (including phenoxy) is 5. The molecule has 27 heavy (non-hydrogen) atoms. The van der Waals surface area contributed by atoms with Crippen molar-refractivity contribution >= 4 is 18.2 Å². The van der Waals surface area contributed by atoms with Crippen LogP contribution in [0.1, 0.15) is 48.0 Å². The monoisotopic (exact) mass is 391 g/mol. The molecule has 9 heteroatoms. The maximum Gasteiger partial charge on any atom is 0.419 e. The number of imide groups is 1. The van der Waals surface area contributed by atoms with Crippen LogP contribution < -0.4 is 0 Å². The zero-order valence-corrected chi connectivity index (χ0v) is 17.5. The fourth-order valence-corrected chi connectivity index (χ4v) is 1.63. The minimum absolute atomic E-state index is 0.00710. The number of nitrogens with zero attached hydrogens (tertiary/aromatic N) is 1. The Morgan fingerprint density at radius 3 is 1.70 bits per heavy atom. The molecule has 9 nitrogen and oxygen atoms in total. The van der Waals surface area contributed by atoms with E-state index in [1.807, 2.05) is 0 Å². The van der Waals surface area contributed by atoms with Crippen LogP contribution in [0.2, 0.25) is 0 Å². The number of hydrogen-bond donors (Lipinski definition) is 0. The van der Waals surface area contributed by atoms with E-state index in [4.69, 9.17) is 18.9 Å². The number of carbonyl (C=O) groups excluding carboxylic acids is 3. The van der Waals surface area contributed by atoms with Crippen LogP contribution in [0.5, 0.6) is 0 Å². The van der Waals surface area contributed by atoms with Crippen molar-refractivity contribution in [3.05, 3.63) is 0 Å². The molecule has 0 aromatic carbocycles. The second kappa shape index (κ2) is 11.8. The highest BCUT2D eigenvalue weighted by Crippen LogP contribution is 2.14. The van der Waals surface area contributed by atoms with Crippen LogP contribution in [0.15, 0.2) is 0 Å². The van der Waals surface area contributed by atoms with Gasteiger partial charge in [-0.25, -0.2) is 19.3 Å². The topological polar surface area (TPSA) is 101 Å². The van der Waals surface area contributed by atoms with E-state index in [9.17, 15) is 14.4 Å². The maximum atomic E-state index is 12.3. The lowest BCUT2D eigenvalue weighted by atomic mass is 10.2. The van der Waals surface area contributed by atoms with E-state index >= 15 is 0 Å².